The number of rotatable bonds is 9. The number of anilines is 2. The highest BCUT2D eigenvalue weighted by Gasteiger charge is 2.37. The predicted octanol–water partition coefficient (Wildman–Crippen LogP) is 3.98. The van der Waals surface area contributed by atoms with Crippen LogP contribution in [0.2, 0.25) is 0 Å². The molecule has 0 aliphatic carbocycles. The number of hydrogen-bond donors (Lipinski definition) is 0. The molecule has 0 bridgehead atoms. The van der Waals surface area contributed by atoms with Gasteiger partial charge in [0.1, 0.15) is 6.17 Å². The molecule has 26 heavy (non-hydrogen) atoms. The zero-order chi connectivity index (χ0) is 19.4. The van der Waals surface area contributed by atoms with Gasteiger partial charge in [0.2, 0.25) is 0 Å². The summed E-state index contributed by atoms with van der Waals surface area (Å²) in [4.78, 5) is 10.1. The Hall–Kier alpha value is -1.26. The molecule has 0 unspecified atom stereocenters. The zero-order valence-corrected chi connectivity index (χ0v) is 18.2. The van der Waals surface area contributed by atoms with E-state index < -0.39 is 0 Å². The minimum Gasteiger partial charge on any atom is -0.348 e. The van der Waals surface area contributed by atoms with Gasteiger partial charge in [-0.1, -0.05) is 26.0 Å². The first kappa shape index (κ1) is 21.0. The second kappa shape index (κ2) is 9.09. The molecular weight excluding hydrogens is 320 g/mol. The van der Waals surface area contributed by atoms with Gasteiger partial charge < -0.3 is 19.6 Å². The van der Waals surface area contributed by atoms with Crippen molar-refractivity contribution < 1.29 is 0 Å². The van der Waals surface area contributed by atoms with Gasteiger partial charge in [0.25, 0.3) is 0 Å². The topological polar surface area (TPSA) is 13.0 Å². The quantitative estimate of drug-likeness (QED) is 0.660. The first-order chi connectivity index (χ1) is 12.2. The third kappa shape index (κ3) is 4.72. The molecule has 0 saturated heterocycles. The van der Waals surface area contributed by atoms with Gasteiger partial charge in [-0.2, -0.15) is 0 Å². The molecule has 0 radical (unpaired) electrons. The van der Waals surface area contributed by atoms with E-state index in [0.29, 0.717) is 24.2 Å². The molecule has 0 N–H and O–H groups in total. The minimum atomic E-state index is 0.438. The van der Waals surface area contributed by atoms with Crippen molar-refractivity contribution in [3.8, 4) is 0 Å². The highest BCUT2D eigenvalue weighted by Crippen LogP contribution is 2.41. The highest BCUT2D eigenvalue weighted by atomic mass is 15.4. The molecule has 0 fully saturated rings. The Kier molecular flexibility index (Phi) is 7.36. The fourth-order valence-electron chi connectivity index (χ4n) is 3.68. The molecule has 4 heteroatoms. The average Bonchev–Trinajstić information content (AvgIpc) is 2.91. The van der Waals surface area contributed by atoms with Crippen LogP contribution >= 0.6 is 0 Å². The third-order valence-corrected chi connectivity index (χ3v) is 5.89. The van der Waals surface area contributed by atoms with Crippen molar-refractivity contribution in [2.75, 3.05) is 50.1 Å². The maximum absolute atomic E-state index is 2.63. The van der Waals surface area contributed by atoms with E-state index in [4.69, 9.17) is 0 Å². The summed E-state index contributed by atoms with van der Waals surface area (Å²) < 4.78 is 0. The Morgan fingerprint density at radius 2 is 1.15 bits per heavy atom. The molecule has 1 aliphatic heterocycles. The number of likely N-dealkylation sites (N-methyl/N-ethyl adjacent to an activating group) is 2. The molecule has 2 rings (SSSR count). The number of nitrogens with zero attached hydrogens (tertiary/aromatic N) is 4. The number of benzene rings is 1. The van der Waals surface area contributed by atoms with Crippen molar-refractivity contribution in [2.24, 2.45) is 5.92 Å². The van der Waals surface area contributed by atoms with Crippen LogP contribution in [0.4, 0.5) is 11.4 Å². The lowest BCUT2D eigenvalue weighted by Gasteiger charge is -2.38. The van der Waals surface area contributed by atoms with E-state index in [1.54, 1.807) is 0 Å². The van der Waals surface area contributed by atoms with E-state index in [2.05, 4.69) is 99.5 Å². The maximum Gasteiger partial charge on any atom is 0.104 e. The summed E-state index contributed by atoms with van der Waals surface area (Å²) in [6, 6.07) is 10.1. The monoisotopic (exact) mass is 360 g/mol. The largest absolute Gasteiger partial charge is 0.348 e. The van der Waals surface area contributed by atoms with Gasteiger partial charge >= 0.3 is 0 Å². The summed E-state index contributed by atoms with van der Waals surface area (Å²) in [7, 11) is 4.46. The Morgan fingerprint density at radius 3 is 1.46 bits per heavy atom. The fourth-order valence-corrected chi connectivity index (χ4v) is 3.68. The van der Waals surface area contributed by atoms with Crippen molar-refractivity contribution >= 4 is 11.4 Å². The molecule has 0 aromatic heterocycles. The summed E-state index contributed by atoms with van der Waals surface area (Å²) in [5.74, 6) is 0.580. The van der Waals surface area contributed by atoms with E-state index >= 15 is 0 Å². The van der Waals surface area contributed by atoms with Crippen LogP contribution in [0.5, 0.6) is 0 Å². The molecule has 1 heterocycles. The van der Waals surface area contributed by atoms with Gasteiger partial charge in [-0.3, -0.25) is 0 Å². The Morgan fingerprint density at radius 1 is 0.769 bits per heavy atom. The molecule has 0 saturated carbocycles. The second-order valence-corrected chi connectivity index (χ2v) is 8.68. The highest BCUT2D eigenvalue weighted by molar-refractivity contribution is 5.77. The molecule has 148 valence electrons. The molecule has 4 nitrogen and oxygen atoms in total. The lowest BCUT2D eigenvalue weighted by Crippen LogP contribution is -2.51. The van der Waals surface area contributed by atoms with E-state index in [9.17, 15) is 0 Å². The van der Waals surface area contributed by atoms with Crippen LogP contribution in [0.1, 0.15) is 41.5 Å². The summed E-state index contributed by atoms with van der Waals surface area (Å²) >= 11 is 0. The normalized spacial score (nSPS) is 15.4. The molecule has 0 atom stereocenters. The van der Waals surface area contributed by atoms with Crippen LogP contribution in [0.25, 0.3) is 0 Å². The van der Waals surface area contributed by atoms with Crippen molar-refractivity contribution in [3.63, 3.8) is 0 Å². The summed E-state index contributed by atoms with van der Waals surface area (Å²) in [5.41, 5.74) is 2.80. The first-order valence-corrected chi connectivity index (χ1v) is 10.3. The van der Waals surface area contributed by atoms with Crippen LogP contribution in [0.3, 0.4) is 0 Å². The van der Waals surface area contributed by atoms with Gasteiger partial charge in [0, 0.05) is 38.3 Å². The van der Waals surface area contributed by atoms with Gasteiger partial charge in [-0.05, 0) is 59.8 Å². The summed E-state index contributed by atoms with van der Waals surface area (Å²) in [5, 5.41) is 0. The smallest absolute Gasteiger partial charge is 0.104 e. The predicted molar refractivity (Wildman–Crippen MR) is 115 cm³/mol. The molecule has 0 spiro atoms. The van der Waals surface area contributed by atoms with Crippen molar-refractivity contribution in [1.29, 1.82) is 0 Å². The summed E-state index contributed by atoms with van der Waals surface area (Å²) in [6.07, 6.45) is 0.438. The lowest BCUT2D eigenvalue weighted by molar-refractivity contribution is 0.266. The maximum atomic E-state index is 2.63. The number of para-hydroxylation sites is 2. The number of fused-ring (bicyclic) bond motifs is 1. The SMILES string of the molecule is CC(C)C1N(CCN(C)C(C)C)c2ccccc2N1CCN(C)C(C)C. The van der Waals surface area contributed by atoms with Crippen molar-refractivity contribution in [3.05, 3.63) is 24.3 Å². The molecule has 1 aromatic rings. The van der Waals surface area contributed by atoms with Crippen LogP contribution in [-0.2, 0) is 0 Å². The first-order valence-electron chi connectivity index (χ1n) is 10.3. The molecule has 0 amide bonds. The Balaban J connectivity index is 2.22. The van der Waals surface area contributed by atoms with Gasteiger partial charge in [-0.15, -0.1) is 0 Å². The van der Waals surface area contributed by atoms with Gasteiger partial charge in [0.15, 0.2) is 0 Å². The number of hydrogen-bond acceptors (Lipinski definition) is 4. The van der Waals surface area contributed by atoms with Crippen molar-refractivity contribution in [1.82, 2.24) is 9.80 Å². The van der Waals surface area contributed by atoms with Gasteiger partial charge in [-0.25, -0.2) is 0 Å². The van der Waals surface area contributed by atoms with E-state index in [-0.39, 0.29) is 0 Å². The van der Waals surface area contributed by atoms with Crippen molar-refractivity contribution in [2.45, 2.75) is 59.8 Å². The molecule has 1 aromatic carbocycles. The van der Waals surface area contributed by atoms with Gasteiger partial charge in [0.05, 0.1) is 11.4 Å². The standard InChI is InChI=1S/C22H40N4/c1-17(2)22-25(15-13-23(7)18(3)4)20-11-9-10-12-21(20)26(22)16-14-24(8)19(5)6/h9-12,17-19,22H,13-16H2,1-8H3. The average molecular weight is 361 g/mol. The second-order valence-electron chi connectivity index (χ2n) is 8.68. The fraction of sp³-hybridized carbons (Fsp3) is 0.727. The van der Waals surface area contributed by atoms with E-state index in [1.165, 1.54) is 11.4 Å². The molecule has 1 aliphatic rings. The van der Waals surface area contributed by atoms with Crippen LogP contribution in [0.15, 0.2) is 24.3 Å². The van der Waals surface area contributed by atoms with E-state index in [1.807, 2.05) is 0 Å². The third-order valence-electron chi connectivity index (χ3n) is 5.89. The Bertz CT molecular complexity index is 510. The van der Waals surface area contributed by atoms with Crippen LogP contribution in [0, 0.1) is 5.92 Å². The summed E-state index contributed by atoms with van der Waals surface area (Å²) in [6.45, 7) is 18.1. The van der Waals surface area contributed by atoms with Crippen LogP contribution in [-0.4, -0.2) is 68.3 Å². The van der Waals surface area contributed by atoms with Crippen LogP contribution < -0.4 is 9.80 Å². The Labute approximate surface area is 161 Å². The van der Waals surface area contributed by atoms with E-state index in [0.717, 1.165) is 26.2 Å². The minimum absolute atomic E-state index is 0.438. The zero-order valence-electron chi connectivity index (χ0n) is 18.2. The molecular formula is C22H40N4. The lowest BCUT2D eigenvalue weighted by atomic mass is 10.1.